The summed E-state index contributed by atoms with van der Waals surface area (Å²) in [5.41, 5.74) is 1.27. The molecule has 6 nitrogen and oxygen atoms in total. The smallest absolute Gasteiger partial charge is 0.338 e. The second kappa shape index (κ2) is 10.3. The largest absolute Gasteiger partial charge is 0.462 e. The van der Waals surface area contributed by atoms with Crippen LogP contribution in [0.1, 0.15) is 65.2 Å². The molecule has 3 fully saturated rings. The number of esters is 1. The van der Waals surface area contributed by atoms with Gasteiger partial charge in [0.2, 0.25) is 5.91 Å². The molecule has 0 unspecified atom stereocenters. The number of ether oxygens (including phenoxy) is 1. The fourth-order valence-electron chi connectivity index (χ4n) is 7.37. The number of benzene rings is 3. The predicted molar refractivity (Wildman–Crippen MR) is 156 cm³/mol. The van der Waals surface area contributed by atoms with Gasteiger partial charge in [-0.25, -0.2) is 13.6 Å². The Morgan fingerprint density at radius 1 is 1.10 bits per heavy atom. The molecule has 4 aliphatic rings. The molecule has 1 aliphatic carbocycles. The number of hydrogen-bond acceptors (Lipinski definition) is 5. The zero-order valence-electron chi connectivity index (χ0n) is 22.8. The van der Waals surface area contributed by atoms with Gasteiger partial charge in [0.1, 0.15) is 17.2 Å². The van der Waals surface area contributed by atoms with E-state index in [1.165, 1.54) is 18.2 Å². The van der Waals surface area contributed by atoms with Gasteiger partial charge in [-0.05, 0) is 73.6 Å². The number of nitrogens with one attached hydrogen (secondary N) is 2. The number of hydrogen-bond donors (Lipinski definition) is 2. The Balaban J connectivity index is 1.36. The van der Waals surface area contributed by atoms with Crippen molar-refractivity contribution in [3.05, 3.63) is 98.5 Å². The summed E-state index contributed by atoms with van der Waals surface area (Å²) in [6.07, 6.45) is 2.71. The summed E-state index contributed by atoms with van der Waals surface area (Å²) in [5.74, 6) is -2.25. The van der Waals surface area contributed by atoms with Crippen LogP contribution < -0.4 is 10.6 Å². The van der Waals surface area contributed by atoms with Crippen molar-refractivity contribution in [1.82, 2.24) is 10.2 Å². The van der Waals surface area contributed by atoms with Crippen molar-refractivity contribution in [1.29, 1.82) is 0 Å². The molecule has 1 spiro atoms. The molecule has 0 aromatic heterocycles. The van der Waals surface area contributed by atoms with Crippen molar-refractivity contribution >= 4 is 40.8 Å². The molecule has 0 bridgehead atoms. The van der Waals surface area contributed by atoms with Crippen molar-refractivity contribution in [2.45, 2.75) is 55.8 Å². The van der Waals surface area contributed by atoms with Crippen LogP contribution in [0.3, 0.4) is 0 Å². The first-order valence-electron chi connectivity index (χ1n) is 14.3. The van der Waals surface area contributed by atoms with Crippen molar-refractivity contribution in [3.63, 3.8) is 0 Å². The van der Waals surface area contributed by atoms with E-state index in [2.05, 4.69) is 15.5 Å². The molecule has 1 amide bonds. The monoisotopic (exact) mass is 611 g/mol. The normalized spacial score (nSPS) is 28.2. The van der Waals surface area contributed by atoms with Crippen LogP contribution in [0.25, 0.3) is 0 Å². The van der Waals surface area contributed by atoms with E-state index in [0.717, 1.165) is 18.4 Å². The zero-order chi connectivity index (χ0) is 29.3. The molecule has 2 saturated heterocycles. The highest BCUT2D eigenvalue weighted by Gasteiger charge is 2.69. The first-order chi connectivity index (χ1) is 20.2. The minimum absolute atomic E-state index is 0.0372. The van der Waals surface area contributed by atoms with Crippen LogP contribution in [-0.4, -0.2) is 42.0 Å². The van der Waals surface area contributed by atoms with Crippen molar-refractivity contribution in [2.24, 2.45) is 5.92 Å². The molecule has 5 atom stereocenters. The summed E-state index contributed by atoms with van der Waals surface area (Å²) in [5, 5.41) is 6.55. The fraction of sp³-hybridized carbons (Fsp3) is 0.375. The maximum absolute atomic E-state index is 15.9. The molecule has 1 saturated carbocycles. The third kappa shape index (κ3) is 4.18. The molecule has 3 aliphatic heterocycles. The molecule has 3 aromatic rings. The maximum Gasteiger partial charge on any atom is 0.338 e. The number of anilines is 1. The summed E-state index contributed by atoms with van der Waals surface area (Å²) in [7, 11) is 0. The quantitative estimate of drug-likeness (QED) is 0.308. The van der Waals surface area contributed by atoms with Gasteiger partial charge in [-0.3, -0.25) is 9.69 Å². The van der Waals surface area contributed by atoms with Crippen LogP contribution in [0, 0.1) is 17.6 Å². The zero-order valence-corrected chi connectivity index (χ0v) is 24.3. The van der Waals surface area contributed by atoms with Gasteiger partial charge < -0.3 is 15.4 Å². The highest BCUT2D eigenvalue weighted by molar-refractivity contribution is 6.31. The van der Waals surface area contributed by atoms with E-state index < -0.39 is 23.1 Å². The number of carbonyl (C=O) groups excluding carboxylic acids is 2. The number of fused-ring (bicyclic) bond motifs is 3. The van der Waals surface area contributed by atoms with E-state index in [1.807, 2.05) is 12.1 Å². The van der Waals surface area contributed by atoms with E-state index in [1.54, 1.807) is 31.2 Å². The van der Waals surface area contributed by atoms with Crippen LogP contribution >= 0.6 is 23.2 Å². The van der Waals surface area contributed by atoms with Crippen LogP contribution in [0.4, 0.5) is 14.5 Å². The Hall–Kier alpha value is -3.04. The topological polar surface area (TPSA) is 70.7 Å². The lowest BCUT2D eigenvalue weighted by atomic mass is 9.73. The Bertz CT molecular complexity index is 1600. The molecule has 42 heavy (non-hydrogen) atoms. The van der Waals surface area contributed by atoms with Crippen LogP contribution in [0.15, 0.2) is 54.6 Å². The second-order valence-electron chi connectivity index (χ2n) is 11.6. The summed E-state index contributed by atoms with van der Waals surface area (Å²) >= 11 is 12.4. The van der Waals surface area contributed by atoms with Crippen molar-refractivity contribution < 1.29 is 23.1 Å². The Labute approximate surface area is 252 Å². The third-order valence-corrected chi connectivity index (χ3v) is 9.89. The molecule has 3 aromatic carbocycles. The Kier molecular flexibility index (Phi) is 6.81. The predicted octanol–water partition coefficient (Wildman–Crippen LogP) is 6.58. The summed E-state index contributed by atoms with van der Waals surface area (Å²) in [4.78, 5) is 28.7. The highest BCUT2D eigenvalue weighted by atomic mass is 35.5. The van der Waals surface area contributed by atoms with Crippen LogP contribution in [-0.2, 0) is 15.1 Å². The average molecular weight is 613 g/mol. The fourth-order valence-corrected chi connectivity index (χ4v) is 7.72. The number of halogens is 4. The first kappa shape index (κ1) is 27.8. The van der Waals surface area contributed by atoms with E-state index in [0.29, 0.717) is 47.9 Å². The summed E-state index contributed by atoms with van der Waals surface area (Å²) in [6, 6.07) is 14.3. The van der Waals surface area contributed by atoms with Gasteiger partial charge in [0.05, 0.1) is 22.2 Å². The van der Waals surface area contributed by atoms with Gasteiger partial charge in [-0.2, -0.15) is 0 Å². The highest BCUT2D eigenvalue weighted by Crippen LogP contribution is 2.61. The number of likely N-dealkylation sites (tertiary alicyclic amines) is 1. The Morgan fingerprint density at radius 2 is 1.86 bits per heavy atom. The standard InChI is InChI=1S/C32H29Cl2F2N3O3/c1-2-42-30(40)18-10-8-17(9-11-18)24-14-26-29(37-24)27(19-4-3-5-21(33)28(19)36)32(39(26)15-16-6-7-16)20-12-23(35)22(34)13-25(20)38-31(32)41/h3-5,8-13,16,24,26-27,29,37H,2,6-7,14-15H2,1H3,(H,38,41)/t24-,26+,27+,29-,32-/m1/s1. The molecular weight excluding hydrogens is 583 g/mol. The van der Waals surface area contributed by atoms with Crippen LogP contribution in [0.5, 0.6) is 0 Å². The van der Waals surface area contributed by atoms with E-state index >= 15 is 8.78 Å². The number of carbonyl (C=O) groups is 2. The van der Waals surface area contributed by atoms with Crippen LogP contribution in [0.2, 0.25) is 10.0 Å². The molecule has 218 valence electrons. The maximum atomic E-state index is 15.9. The lowest BCUT2D eigenvalue weighted by Gasteiger charge is -2.41. The molecule has 0 radical (unpaired) electrons. The number of amides is 1. The minimum Gasteiger partial charge on any atom is -0.462 e. The van der Waals surface area contributed by atoms with Crippen molar-refractivity contribution in [3.8, 4) is 0 Å². The molecule has 10 heteroatoms. The first-order valence-corrected chi connectivity index (χ1v) is 15.0. The number of nitrogens with zero attached hydrogens (tertiary/aromatic N) is 1. The van der Waals surface area contributed by atoms with E-state index in [9.17, 15) is 9.59 Å². The van der Waals surface area contributed by atoms with Gasteiger partial charge in [0.15, 0.2) is 0 Å². The van der Waals surface area contributed by atoms with Crippen molar-refractivity contribution in [2.75, 3.05) is 18.5 Å². The molecule has 3 heterocycles. The second-order valence-corrected chi connectivity index (χ2v) is 12.5. The average Bonchev–Trinajstić information content (AvgIpc) is 3.55. The van der Waals surface area contributed by atoms with Gasteiger partial charge in [-0.1, -0.05) is 47.5 Å². The van der Waals surface area contributed by atoms with Gasteiger partial charge in [0, 0.05) is 41.8 Å². The third-order valence-electron chi connectivity index (χ3n) is 9.31. The van der Waals surface area contributed by atoms with Gasteiger partial charge in [-0.15, -0.1) is 0 Å². The summed E-state index contributed by atoms with van der Waals surface area (Å²) in [6.45, 7) is 2.67. The SMILES string of the molecule is CCOC(=O)c1ccc([C@H]2C[C@H]3[C@@H](N2)[C@H](c2cccc(Cl)c2F)[C@]2(C(=O)Nc4cc(Cl)c(F)cc42)N3CC2CC2)cc1. The lowest BCUT2D eigenvalue weighted by molar-refractivity contribution is -0.128. The summed E-state index contributed by atoms with van der Waals surface area (Å²) < 4.78 is 36.2. The van der Waals surface area contributed by atoms with E-state index in [4.69, 9.17) is 27.9 Å². The lowest BCUT2D eigenvalue weighted by Crippen LogP contribution is -2.53. The van der Waals surface area contributed by atoms with Gasteiger partial charge in [0.25, 0.3) is 0 Å². The molecule has 2 N–H and O–H groups in total. The van der Waals surface area contributed by atoms with E-state index in [-0.39, 0.29) is 40.0 Å². The Morgan fingerprint density at radius 3 is 2.57 bits per heavy atom. The molecule has 7 rings (SSSR count). The molecular formula is C32H29Cl2F2N3O3. The number of rotatable bonds is 6. The minimum atomic E-state index is -1.37. The van der Waals surface area contributed by atoms with Gasteiger partial charge >= 0.3 is 5.97 Å².